The van der Waals surface area contributed by atoms with Crippen molar-refractivity contribution in [3.63, 3.8) is 0 Å². The molecule has 0 saturated heterocycles. The van der Waals surface area contributed by atoms with Crippen LogP contribution in [0.5, 0.6) is 0 Å². The zero-order valence-corrected chi connectivity index (χ0v) is 14.1. The number of nitrogens with zero attached hydrogens (tertiary/aromatic N) is 1. The monoisotopic (exact) mass is 352 g/mol. The number of aldehydes is 1. The van der Waals surface area contributed by atoms with Crippen molar-refractivity contribution in [2.45, 2.75) is 19.3 Å². The van der Waals surface area contributed by atoms with Crippen molar-refractivity contribution in [1.29, 1.82) is 0 Å². The van der Waals surface area contributed by atoms with E-state index in [2.05, 4.69) is 0 Å². The van der Waals surface area contributed by atoms with E-state index in [1.54, 1.807) is 4.57 Å². The van der Waals surface area contributed by atoms with E-state index in [0.29, 0.717) is 17.6 Å². The van der Waals surface area contributed by atoms with E-state index in [-0.39, 0.29) is 16.9 Å². The first-order valence-corrected chi connectivity index (χ1v) is 8.11. The largest absolute Gasteiger partial charge is 0.365 e. The molecular formula is C20H17FN2O3. The van der Waals surface area contributed by atoms with Crippen LogP contribution in [0.4, 0.5) is 4.39 Å². The Morgan fingerprint density at radius 1 is 1.23 bits per heavy atom. The molecule has 1 amide bonds. The van der Waals surface area contributed by atoms with Gasteiger partial charge in [0.05, 0.1) is 5.52 Å². The molecule has 1 heterocycles. The minimum absolute atomic E-state index is 0.0831. The molecule has 1 atom stereocenters. The quantitative estimate of drug-likeness (QED) is 0.717. The number of fused-ring (bicyclic) bond motifs is 1. The molecule has 2 aromatic carbocycles. The minimum atomic E-state index is -0.869. The van der Waals surface area contributed by atoms with E-state index in [1.807, 2.05) is 31.2 Å². The van der Waals surface area contributed by atoms with E-state index in [4.69, 9.17) is 5.73 Å². The van der Waals surface area contributed by atoms with Crippen LogP contribution >= 0.6 is 0 Å². The molecule has 3 aromatic rings. The molecule has 1 unspecified atom stereocenters. The van der Waals surface area contributed by atoms with Crippen molar-refractivity contribution in [3.8, 4) is 5.69 Å². The lowest BCUT2D eigenvalue weighted by Crippen LogP contribution is -2.24. The second-order valence-corrected chi connectivity index (χ2v) is 6.16. The number of hydrogen-bond acceptors (Lipinski definition) is 3. The molecule has 0 fully saturated rings. The number of nitrogens with two attached hydrogens (primary N) is 1. The number of hydrogen-bond donors (Lipinski definition) is 1. The van der Waals surface area contributed by atoms with Crippen LogP contribution in [0.15, 0.2) is 53.5 Å². The van der Waals surface area contributed by atoms with E-state index < -0.39 is 17.2 Å². The van der Waals surface area contributed by atoms with Crippen molar-refractivity contribution in [2.24, 2.45) is 5.73 Å². The first-order valence-electron chi connectivity index (χ1n) is 8.11. The van der Waals surface area contributed by atoms with Crippen LogP contribution < -0.4 is 11.2 Å². The van der Waals surface area contributed by atoms with E-state index in [1.165, 1.54) is 18.3 Å². The molecule has 3 rings (SSSR count). The summed E-state index contributed by atoms with van der Waals surface area (Å²) >= 11 is 0. The SMILES string of the molecule is CC(CC=O)c1ccc(-n2cc(C(N)=O)c(=O)c3cc(F)ccc32)cc1. The predicted molar refractivity (Wildman–Crippen MR) is 97.1 cm³/mol. The van der Waals surface area contributed by atoms with Crippen molar-refractivity contribution < 1.29 is 14.0 Å². The highest BCUT2D eigenvalue weighted by Gasteiger charge is 2.15. The molecular weight excluding hydrogens is 335 g/mol. The van der Waals surface area contributed by atoms with Crippen LogP contribution in [0.2, 0.25) is 0 Å². The average molecular weight is 352 g/mol. The fraction of sp³-hybridized carbons (Fsp3) is 0.150. The molecule has 0 radical (unpaired) electrons. The standard InChI is InChI=1S/C20H17FN2O3/c1-12(8-9-24)13-2-5-15(6-3-13)23-11-17(20(22)26)19(25)16-10-14(21)4-7-18(16)23/h2-7,9-12H,8H2,1H3,(H2,22,26). The predicted octanol–water partition coefficient (Wildman–Crippen LogP) is 2.92. The Morgan fingerprint density at radius 2 is 1.92 bits per heavy atom. The van der Waals surface area contributed by atoms with Gasteiger partial charge in [-0.15, -0.1) is 0 Å². The topological polar surface area (TPSA) is 82.2 Å². The number of rotatable bonds is 5. The van der Waals surface area contributed by atoms with Gasteiger partial charge in [0.15, 0.2) is 0 Å². The molecule has 0 spiro atoms. The smallest absolute Gasteiger partial charge is 0.254 e. The summed E-state index contributed by atoms with van der Waals surface area (Å²) in [6.45, 7) is 1.95. The molecule has 0 aliphatic heterocycles. The van der Waals surface area contributed by atoms with E-state index in [9.17, 15) is 18.8 Å². The molecule has 0 aliphatic rings. The fourth-order valence-corrected chi connectivity index (χ4v) is 2.94. The molecule has 2 N–H and O–H groups in total. The van der Waals surface area contributed by atoms with E-state index >= 15 is 0 Å². The number of halogens is 1. The third kappa shape index (κ3) is 3.13. The van der Waals surface area contributed by atoms with Crippen LogP contribution in [0.25, 0.3) is 16.6 Å². The number of amides is 1. The maximum Gasteiger partial charge on any atom is 0.254 e. The van der Waals surface area contributed by atoms with Gasteiger partial charge in [-0.3, -0.25) is 9.59 Å². The number of primary amides is 1. The summed E-state index contributed by atoms with van der Waals surface area (Å²) in [5.41, 5.74) is 6.65. The summed E-state index contributed by atoms with van der Waals surface area (Å²) < 4.78 is 15.2. The summed E-state index contributed by atoms with van der Waals surface area (Å²) in [6.07, 6.45) is 2.67. The number of carbonyl (C=O) groups excluding carboxylic acids is 2. The second-order valence-electron chi connectivity index (χ2n) is 6.16. The summed E-state index contributed by atoms with van der Waals surface area (Å²) in [6, 6.07) is 11.2. The van der Waals surface area contributed by atoms with Gasteiger partial charge in [-0.05, 0) is 41.8 Å². The van der Waals surface area contributed by atoms with Crippen LogP contribution in [0, 0.1) is 5.82 Å². The van der Waals surface area contributed by atoms with Gasteiger partial charge in [0.1, 0.15) is 17.7 Å². The lowest BCUT2D eigenvalue weighted by atomic mass is 9.98. The minimum Gasteiger partial charge on any atom is -0.365 e. The number of benzene rings is 2. The Morgan fingerprint density at radius 3 is 2.54 bits per heavy atom. The van der Waals surface area contributed by atoms with E-state index in [0.717, 1.165) is 17.9 Å². The average Bonchev–Trinajstić information content (AvgIpc) is 2.62. The number of pyridine rings is 1. The van der Waals surface area contributed by atoms with Crippen LogP contribution in [0.1, 0.15) is 35.2 Å². The number of aromatic nitrogens is 1. The third-order valence-corrected chi connectivity index (χ3v) is 4.42. The fourth-order valence-electron chi connectivity index (χ4n) is 2.94. The summed E-state index contributed by atoms with van der Waals surface area (Å²) in [5.74, 6) is -1.35. The maximum atomic E-state index is 13.6. The Labute approximate surface area is 148 Å². The molecule has 5 nitrogen and oxygen atoms in total. The van der Waals surface area contributed by atoms with Crippen LogP contribution in [0.3, 0.4) is 0 Å². The molecule has 0 saturated carbocycles. The Bertz CT molecular complexity index is 1060. The molecule has 0 bridgehead atoms. The molecule has 132 valence electrons. The van der Waals surface area contributed by atoms with Gasteiger partial charge in [-0.2, -0.15) is 0 Å². The molecule has 26 heavy (non-hydrogen) atoms. The molecule has 6 heteroatoms. The zero-order valence-electron chi connectivity index (χ0n) is 14.1. The van der Waals surface area contributed by atoms with Gasteiger partial charge < -0.3 is 15.1 Å². The van der Waals surface area contributed by atoms with Gasteiger partial charge >= 0.3 is 0 Å². The third-order valence-electron chi connectivity index (χ3n) is 4.42. The lowest BCUT2D eigenvalue weighted by Gasteiger charge is -2.14. The summed E-state index contributed by atoms with van der Waals surface area (Å²) in [5, 5.41) is 0.0831. The van der Waals surface area contributed by atoms with Gasteiger partial charge in [-0.25, -0.2) is 4.39 Å². The zero-order chi connectivity index (χ0) is 18.8. The highest BCUT2D eigenvalue weighted by atomic mass is 19.1. The van der Waals surface area contributed by atoms with Gasteiger partial charge in [-0.1, -0.05) is 19.1 Å². The first-order chi connectivity index (χ1) is 12.4. The van der Waals surface area contributed by atoms with Crippen molar-refractivity contribution in [3.05, 3.63) is 75.8 Å². The first kappa shape index (κ1) is 17.5. The Balaban J connectivity index is 2.21. The second kappa shape index (κ2) is 6.92. The number of carbonyl (C=O) groups is 2. The Hall–Kier alpha value is -3.28. The van der Waals surface area contributed by atoms with Gasteiger partial charge in [0, 0.05) is 23.7 Å². The summed E-state index contributed by atoms with van der Waals surface area (Å²) in [4.78, 5) is 34.7. The van der Waals surface area contributed by atoms with Crippen molar-refractivity contribution in [2.75, 3.05) is 0 Å². The Kier molecular flexibility index (Phi) is 4.67. The van der Waals surface area contributed by atoms with Crippen LogP contribution in [-0.4, -0.2) is 16.8 Å². The van der Waals surface area contributed by atoms with Crippen molar-refractivity contribution in [1.82, 2.24) is 4.57 Å². The van der Waals surface area contributed by atoms with Crippen molar-refractivity contribution >= 4 is 23.1 Å². The highest BCUT2D eigenvalue weighted by Crippen LogP contribution is 2.22. The maximum absolute atomic E-state index is 13.6. The van der Waals surface area contributed by atoms with Gasteiger partial charge in [0.2, 0.25) is 5.43 Å². The lowest BCUT2D eigenvalue weighted by molar-refractivity contribution is -0.108. The van der Waals surface area contributed by atoms with Crippen LogP contribution in [-0.2, 0) is 4.79 Å². The normalized spacial score (nSPS) is 12.1. The summed E-state index contributed by atoms with van der Waals surface area (Å²) in [7, 11) is 0. The molecule has 1 aromatic heterocycles. The molecule has 0 aliphatic carbocycles. The van der Waals surface area contributed by atoms with Gasteiger partial charge in [0.25, 0.3) is 5.91 Å². The highest BCUT2D eigenvalue weighted by molar-refractivity contribution is 5.96.